The van der Waals surface area contributed by atoms with Crippen LogP contribution in [0.15, 0.2) is 66.9 Å². The van der Waals surface area contributed by atoms with E-state index in [4.69, 9.17) is 0 Å². The zero-order chi connectivity index (χ0) is 18.1. The summed E-state index contributed by atoms with van der Waals surface area (Å²) in [5, 5.41) is 3.53. The minimum Gasteiger partial charge on any atom is -0.361 e. The average Bonchev–Trinajstić information content (AvgIpc) is 2.95. The third kappa shape index (κ3) is 2.84. The van der Waals surface area contributed by atoms with E-state index < -0.39 is 0 Å². The maximum atomic E-state index is 13.1. The summed E-state index contributed by atoms with van der Waals surface area (Å²) in [6, 6.07) is 19.9. The Morgan fingerprint density at radius 1 is 1.08 bits per heavy atom. The number of fused-ring (bicyclic) bond motifs is 1. The summed E-state index contributed by atoms with van der Waals surface area (Å²) in [6.45, 7) is 4.12. The number of carbonyl (C=O) groups excluding carboxylic acids is 1. The van der Waals surface area contributed by atoms with Crippen molar-refractivity contribution in [3.8, 4) is 0 Å². The zero-order valence-electron chi connectivity index (χ0n) is 14.9. The number of aryl methyl sites for hydroxylation is 2. The predicted octanol–water partition coefficient (Wildman–Crippen LogP) is 4.72. The van der Waals surface area contributed by atoms with Gasteiger partial charge in [-0.2, -0.15) is 0 Å². The van der Waals surface area contributed by atoms with Gasteiger partial charge in [0.1, 0.15) is 12.0 Å². The molecule has 1 aliphatic rings. The molecule has 2 heterocycles. The highest BCUT2D eigenvalue weighted by Gasteiger charge is 2.38. The molecule has 2 aromatic carbocycles. The van der Waals surface area contributed by atoms with Crippen molar-refractivity contribution in [2.75, 3.05) is 10.2 Å². The molecule has 0 aliphatic carbocycles. The average molecular weight is 343 g/mol. The summed E-state index contributed by atoms with van der Waals surface area (Å²) in [7, 11) is 0. The molecule has 0 fully saturated rings. The highest BCUT2D eigenvalue weighted by molar-refractivity contribution is 6.11. The zero-order valence-corrected chi connectivity index (χ0v) is 14.9. The maximum Gasteiger partial charge on any atom is 0.261 e. The molecule has 4 rings (SSSR count). The first kappa shape index (κ1) is 16.3. The smallest absolute Gasteiger partial charge is 0.261 e. The Morgan fingerprint density at radius 2 is 1.92 bits per heavy atom. The van der Waals surface area contributed by atoms with E-state index in [1.165, 1.54) is 5.56 Å². The third-order valence-corrected chi connectivity index (χ3v) is 4.74. The van der Waals surface area contributed by atoms with Crippen LogP contribution < -0.4 is 10.2 Å². The van der Waals surface area contributed by atoms with Crippen LogP contribution in [0.5, 0.6) is 0 Å². The van der Waals surface area contributed by atoms with Crippen LogP contribution >= 0.6 is 0 Å². The van der Waals surface area contributed by atoms with Gasteiger partial charge in [-0.25, -0.2) is 4.98 Å². The normalized spacial score (nSPS) is 15.8. The first-order chi connectivity index (χ1) is 12.7. The molecule has 0 unspecified atom stereocenters. The van der Waals surface area contributed by atoms with Crippen LogP contribution in [-0.4, -0.2) is 10.9 Å². The van der Waals surface area contributed by atoms with Crippen molar-refractivity contribution in [1.82, 2.24) is 4.98 Å². The number of benzene rings is 2. The molecule has 0 saturated carbocycles. The highest BCUT2D eigenvalue weighted by Crippen LogP contribution is 2.37. The molecule has 0 radical (unpaired) electrons. The number of hydrogen-bond donors (Lipinski definition) is 1. The van der Waals surface area contributed by atoms with Gasteiger partial charge in [-0.1, -0.05) is 43.3 Å². The molecule has 0 spiro atoms. The lowest BCUT2D eigenvalue weighted by molar-refractivity contribution is 0.0992. The Balaban J connectivity index is 1.76. The Morgan fingerprint density at radius 3 is 2.69 bits per heavy atom. The number of hydrogen-bond acceptors (Lipinski definition) is 3. The van der Waals surface area contributed by atoms with Crippen molar-refractivity contribution in [3.63, 3.8) is 0 Å². The van der Waals surface area contributed by atoms with E-state index in [0.29, 0.717) is 5.82 Å². The van der Waals surface area contributed by atoms with Gasteiger partial charge in [0.05, 0.1) is 0 Å². The molecular weight excluding hydrogens is 322 g/mol. The SMILES string of the molecule is CCc1cccc(N[C@@H]2c3ccccc3C(=O)N2c2ccc(C)cn2)c1. The van der Waals surface area contributed by atoms with Crippen LogP contribution in [0.3, 0.4) is 0 Å². The summed E-state index contributed by atoms with van der Waals surface area (Å²) in [6.07, 6.45) is 2.49. The fraction of sp³-hybridized carbons (Fsp3) is 0.182. The second-order valence-electron chi connectivity index (χ2n) is 6.56. The lowest BCUT2D eigenvalue weighted by Gasteiger charge is -2.26. The molecule has 4 nitrogen and oxygen atoms in total. The second-order valence-corrected chi connectivity index (χ2v) is 6.56. The number of nitrogens with zero attached hydrogens (tertiary/aromatic N) is 2. The van der Waals surface area contributed by atoms with Gasteiger partial charge in [0, 0.05) is 23.0 Å². The Hall–Kier alpha value is -3.14. The Labute approximate surface area is 153 Å². The maximum absolute atomic E-state index is 13.1. The van der Waals surface area contributed by atoms with Gasteiger partial charge in [-0.15, -0.1) is 0 Å². The highest BCUT2D eigenvalue weighted by atomic mass is 16.2. The number of anilines is 2. The summed E-state index contributed by atoms with van der Waals surface area (Å²) >= 11 is 0. The number of nitrogens with one attached hydrogen (secondary N) is 1. The molecule has 1 amide bonds. The first-order valence-corrected chi connectivity index (χ1v) is 8.88. The van der Waals surface area contributed by atoms with Gasteiger partial charge in [-0.3, -0.25) is 9.69 Å². The van der Waals surface area contributed by atoms with Crippen LogP contribution in [0.2, 0.25) is 0 Å². The molecule has 0 bridgehead atoms. The van der Waals surface area contributed by atoms with E-state index in [2.05, 4.69) is 29.4 Å². The molecule has 130 valence electrons. The van der Waals surface area contributed by atoms with E-state index >= 15 is 0 Å². The summed E-state index contributed by atoms with van der Waals surface area (Å²) in [4.78, 5) is 19.3. The molecule has 1 N–H and O–H groups in total. The topological polar surface area (TPSA) is 45.2 Å². The summed E-state index contributed by atoms with van der Waals surface area (Å²) in [5.74, 6) is 0.627. The molecule has 0 saturated heterocycles. The molecule has 4 heteroatoms. The van der Waals surface area contributed by atoms with Gasteiger partial charge >= 0.3 is 0 Å². The van der Waals surface area contributed by atoms with E-state index in [1.807, 2.05) is 55.5 Å². The molecule has 26 heavy (non-hydrogen) atoms. The Kier molecular flexibility index (Phi) is 4.17. The van der Waals surface area contributed by atoms with Crippen LogP contribution in [0, 0.1) is 6.92 Å². The second kappa shape index (κ2) is 6.64. The van der Waals surface area contributed by atoms with Crippen LogP contribution in [0.25, 0.3) is 0 Å². The summed E-state index contributed by atoms with van der Waals surface area (Å²) < 4.78 is 0. The fourth-order valence-electron chi connectivity index (χ4n) is 3.34. The van der Waals surface area contributed by atoms with Crippen molar-refractivity contribution in [2.45, 2.75) is 26.4 Å². The van der Waals surface area contributed by atoms with Crippen molar-refractivity contribution >= 4 is 17.4 Å². The first-order valence-electron chi connectivity index (χ1n) is 8.88. The molecule has 1 aromatic heterocycles. The van der Waals surface area contributed by atoms with Crippen LogP contribution in [0.1, 0.15) is 40.1 Å². The van der Waals surface area contributed by atoms with Crippen LogP contribution in [-0.2, 0) is 6.42 Å². The lowest BCUT2D eigenvalue weighted by Crippen LogP contribution is -2.33. The van der Waals surface area contributed by atoms with Crippen molar-refractivity contribution < 1.29 is 4.79 Å². The van der Waals surface area contributed by atoms with Gasteiger partial charge in [-0.05, 0) is 48.7 Å². The number of rotatable bonds is 4. The Bertz CT molecular complexity index is 950. The molecule has 1 atom stereocenters. The predicted molar refractivity (Wildman–Crippen MR) is 104 cm³/mol. The molecular formula is C22H21N3O. The minimum atomic E-state index is -0.277. The largest absolute Gasteiger partial charge is 0.361 e. The number of carbonyl (C=O) groups is 1. The van der Waals surface area contributed by atoms with E-state index in [9.17, 15) is 4.79 Å². The number of amides is 1. The van der Waals surface area contributed by atoms with Crippen molar-refractivity contribution in [2.24, 2.45) is 0 Å². The van der Waals surface area contributed by atoms with E-state index in [-0.39, 0.29) is 12.1 Å². The van der Waals surface area contributed by atoms with E-state index in [1.54, 1.807) is 11.1 Å². The van der Waals surface area contributed by atoms with Gasteiger partial charge < -0.3 is 5.32 Å². The quantitative estimate of drug-likeness (QED) is 0.745. The number of aromatic nitrogens is 1. The number of pyridine rings is 1. The molecule has 1 aliphatic heterocycles. The molecule has 3 aromatic rings. The van der Waals surface area contributed by atoms with Gasteiger partial charge in [0.2, 0.25) is 0 Å². The van der Waals surface area contributed by atoms with E-state index in [0.717, 1.165) is 28.8 Å². The lowest BCUT2D eigenvalue weighted by atomic mass is 10.1. The van der Waals surface area contributed by atoms with Gasteiger partial charge in [0.25, 0.3) is 5.91 Å². The van der Waals surface area contributed by atoms with Crippen LogP contribution in [0.4, 0.5) is 11.5 Å². The van der Waals surface area contributed by atoms with Crippen molar-refractivity contribution in [3.05, 3.63) is 89.1 Å². The minimum absolute atomic E-state index is 0.0268. The standard InChI is InChI=1S/C22H21N3O/c1-3-16-7-6-8-17(13-16)24-21-18-9-4-5-10-19(18)22(26)25(21)20-12-11-15(2)14-23-20/h4-14,21,24H,3H2,1-2H3/t21-/m0/s1. The summed E-state index contributed by atoms with van der Waals surface area (Å²) in [5.41, 5.74) is 5.02. The third-order valence-electron chi connectivity index (χ3n) is 4.74. The van der Waals surface area contributed by atoms with Crippen molar-refractivity contribution in [1.29, 1.82) is 0 Å². The fourth-order valence-corrected chi connectivity index (χ4v) is 3.34. The van der Waals surface area contributed by atoms with Gasteiger partial charge in [0.15, 0.2) is 0 Å². The monoisotopic (exact) mass is 343 g/mol.